The molecular formula is C12H16ClF3N3O+. The number of aromatic nitrogens is 1. The Hall–Kier alpha value is -1.34. The van der Waals surface area contributed by atoms with Gasteiger partial charge in [0.2, 0.25) is 5.91 Å². The molecule has 1 aromatic rings. The van der Waals surface area contributed by atoms with Crippen LogP contribution >= 0.6 is 11.6 Å². The second-order valence-electron chi connectivity index (χ2n) is 4.63. The van der Waals surface area contributed by atoms with Crippen molar-refractivity contribution in [3.63, 3.8) is 0 Å². The maximum atomic E-state index is 12.4. The van der Waals surface area contributed by atoms with Gasteiger partial charge >= 0.3 is 6.18 Å². The first-order valence-electron chi connectivity index (χ1n) is 5.97. The summed E-state index contributed by atoms with van der Waals surface area (Å²) in [6.45, 7) is 1.24. The summed E-state index contributed by atoms with van der Waals surface area (Å²) in [4.78, 5) is 16.4. The number of carbonyl (C=O) groups excluding carboxylic acids is 1. The minimum atomic E-state index is -4.49. The molecule has 0 saturated heterocycles. The lowest BCUT2D eigenvalue weighted by molar-refractivity contribution is -0.856. The Morgan fingerprint density at radius 2 is 2.10 bits per heavy atom. The van der Waals surface area contributed by atoms with Gasteiger partial charge in [-0.25, -0.2) is 0 Å². The van der Waals surface area contributed by atoms with Gasteiger partial charge < -0.3 is 10.2 Å². The number of rotatable bonds is 5. The predicted octanol–water partition coefficient (Wildman–Crippen LogP) is 0.557. The van der Waals surface area contributed by atoms with Crippen molar-refractivity contribution in [1.29, 1.82) is 0 Å². The lowest BCUT2D eigenvalue weighted by atomic mass is 10.2. The van der Waals surface area contributed by atoms with Gasteiger partial charge in [0, 0.05) is 6.20 Å². The fraction of sp³-hybridized carbons (Fsp3) is 0.500. The molecule has 0 aliphatic heterocycles. The summed E-state index contributed by atoms with van der Waals surface area (Å²) >= 11 is 5.72. The summed E-state index contributed by atoms with van der Waals surface area (Å²) in [5.74, 6) is -0.319. The first-order chi connectivity index (χ1) is 9.20. The Labute approximate surface area is 119 Å². The van der Waals surface area contributed by atoms with Gasteiger partial charge in [0.05, 0.1) is 49.9 Å². The molecule has 8 heteroatoms. The molecule has 0 aliphatic rings. The molecule has 1 rings (SSSR count). The van der Waals surface area contributed by atoms with Crippen LogP contribution in [0.25, 0.3) is 0 Å². The van der Waals surface area contributed by atoms with Gasteiger partial charge in [0.25, 0.3) is 0 Å². The molecule has 0 fully saturated rings. The smallest absolute Gasteiger partial charge is 0.350 e. The zero-order chi connectivity index (χ0) is 15.3. The van der Waals surface area contributed by atoms with Crippen molar-refractivity contribution in [2.24, 2.45) is 0 Å². The Morgan fingerprint density at radius 1 is 1.45 bits per heavy atom. The van der Waals surface area contributed by atoms with Crippen LogP contribution in [0.3, 0.4) is 0 Å². The summed E-state index contributed by atoms with van der Waals surface area (Å²) < 4.78 is 37.3. The van der Waals surface area contributed by atoms with Crippen molar-refractivity contribution in [3.8, 4) is 0 Å². The number of hydrogen-bond acceptors (Lipinski definition) is 2. The molecule has 20 heavy (non-hydrogen) atoms. The summed E-state index contributed by atoms with van der Waals surface area (Å²) in [5, 5.41) is 2.49. The number of likely N-dealkylation sites (N-methyl/N-ethyl adjacent to an activating group) is 1. The van der Waals surface area contributed by atoms with Crippen molar-refractivity contribution < 1.29 is 22.9 Å². The fourth-order valence-electron chi connectivity index (χ4n) is 1.42. The van der Waals surface area contributed by atoms with Crippen molar-refractivity contribution in [2.75, 3.05) is 27.2 Å². The van der Waals surface area contributed by atoms with Crippen LogP contribution in [-0.2, 0) is 17.4 Å². The highest BCUT2D eigenvalue weighted by Crippen LogP contribution is 2.31. The molecule has 2 N–H and O–H groups in total. The topological polar surface area (TPSA) is 46.4 Å². The van der Waals surface area contributed by atoms with Crippen LogP contribution in [0.15, 0.2) is 12.3 Å². The zero-order valence-corrected chi connectivity index (χ0v) is 11.9. The van der Waals surface area contributed by atoms with E-state index in [2.05, 4.69) is 10.3 Å². The van der Waals surface area contributed by atoms with Gasteiger partial charge in [-0.1, -0.05) is 11.6 Å². The highest BCUT2D eigenvalue weighted by molar-refractivity contribution is 6.31. The Bertz CT molecular complexity index is 478. The fourth-order valence-corrected chi connectivity index (χ4v) is 1.65. The van der Waals surface area contributed by atoms with Crippen LogP contribution in [-0.4, -0.2) is 38.1 Å². The number of amides is 1. The van der Waals surface area contributed by atoms with Crippen LogP contribution in [0.1, 0.15) is 11.3 Å². The molecule has 1 amide bonds. The molecule has 0 bridgehead atoms. The molecule has 0 aromatic carbocycles. The van der Waals surface area contributed by atoms with Gasteiger partial charge in [0.15, 0.2) is 0 Å². The van der Waals surface area contributed by atoms with Crippen molar-refractivity contribution in [1.82, 2.24) is 10.3 Å². The van der Waals surface area contributed by atoms with Crippen molar-refractivity contribution in [2.45, 2.75) is 12.6 Å². The van der Waals surface area contributed by atoms with Gasteiger partial charge in [-0.2, -0.15) is 13.2 Å². The second kappa shape index (κ2) is 6.90. The zero-order valence-electron chi connectivity index (χ0n) is 11.1. The number of hydrogen-bond donors (Lipinski definition) is 2. The van der Waals surface area contributed by atoms with Crippen LogP contribution in [0.4, 0.5) is 13.2 Å². The molecule has 0 saturated carbocycles. The lowest BCUT2D eigenvalue weighted by Gasteiger charge is -2.10. The number of quaternary nitrogens is 1. The molecule has 112 valence electrons. The predicted molar refractivity (Wildman–Crippen MR) is 68.6 cm³/mol. The number of nitrogens with zero attached hydrogens (tertiary/aromatic N) is 1. The largest absolute Gasteiger partial charge is 0.417 e. The molecule has 0 radical (unpaired) electrons. The number of pyridine rings is 1. The first-order valence-corrected chi connectivity index (χ1v) is 6.35. The third kappa shape index (κ3) is 5.34. The molecular weight excluding hydrogens is 295 g/mol. The molecule has 0 aliphatic carbocycles. The van der Waals surface area contributed by atoms with Crippen LogP contribution < -0.4 is 10.2 Å². The average Bonchev–Trinajstić information content (AvgIpc) is 2.29. The summed E-state index contributed by atoms with van der Waals surface area (Å²) in [6, 6.07) is 0.779. The summed E-state index contributed by atoms with van der Waals surface area (Å²) in [7, 11) is 3.89. The van der Waals surface area contributed by atoms with Crippen LogP contribution in [0.5, 0.6) is 0 Å². The van der Waals surface area contributed by atoms with E-state index < -0.39 is 11.7 Å². The van der Waals surface area contributed by atoms with E-state index in [9.17, 15) is 18.0 Å². The Balaban J connectivity index is 2.62. The van der Waals surface area contributed by atoms with Gasteiger partial charge in [-0.05, 0) is 6.07 Å². The third-order valence-corrected chi connectivity index (χ3v) is 2.85. The van der Waals surface area contributed by atoms with E-state index in [1.54, 1.807) is 0 Å². The number of halogens is 4. The first kappa shape index (κ1) is 16.7. The van der Waals surface area contributed by atoms with E-state index in [4.69, 9.17) is 11.6 Å². The number of carbonyl (C=O) groups is 1. The second-order valence-corrected chi connectivity index (χ2v) is 5.04. The summed E-state index contributed by atoms with van der Waals surface area (Å²) in [6.07, 6.45) is -3.95. The van der Waals surface area contributed by atoms with Gasteiger partial charge in [-0.3, -0.25) is 9.78 Å². The van der Waals surface area contributed by atoms with Crippen molar-refractivity contribution >= 4 is 17.5 Å². The molecule has 0 unspecified atom stereocenters. The van der Waals surface area contributed by atoms with E-state index in [0.29, 0.717) is 12.7 Å². The quantitative estimate of drug-likeness (QED) is 0.835. The molecule has 1 heterocycles. The van der Waals surface area contributed by atoms with E-state index in [1.165, 1.54) is 4.90 Å². The maximum absolute atomic E-state index is 12.4. The van der Waals surface area contributed by atoms with E-state index in [1.807, 2.05) is 14.1 Å². The van der Waals surface area contributed by atoms with Crippen LogP contribution in [0.2, 0.25) is 5.02 Å². The van der Waals surface area contributed by atoms with Crippen LogP contribution in [0, 0.1) is 0 Å². The summed E-state index contributed by atoms with van der Waals surface area (Å²) in [5.41, 5.74) is -0.794. The highest BCUT2D eigenvalue weighted by Gasteiger charge is 2.31. The highest BCUT2D eigenvalue weighted by atomic mass is 35.5. The minimum absolute atomic E-state index is 0.134. The number of alkyl halides is 3. The Kier molecular flexibility index (Phi) is 5.76. The third-order valence-electron chi connectivity index (χ3n) is 2.52. The van der Waals surface area contributed by atoms with E-state index in [-0.39, 0.29) is 23.0 Å². The molecule has 1 aromatic heterocycles. The monoisotopic (exact) mass is 310 g/mol. The molecule has 0 atom stereocenters. The molecule has 4 nitrogen and oxygen atoms in total. The molecule has 0 spiro atoms. The SMILES string of the molecule is C[NH+](C)CCNC(=O)Cc1ncc(C(F)(F)F)cc1Cl. The van der Waals surface area contributed by atoms with Crippen molar-refractivity contribution in [3.05, 3.63) is 28.5 Å². The standard InChI is InChI=1S/C12H15ClF3N3O/c1-19(2)4-3-17-11(20)6-10-9(13)5-8(7-18-10)12(14,15)16/h5,7H,3-4,6H2,1-2H3,(H,17,20)/p+1. The minimum Gasteiger partial charge on any atom is -0.350 e. The normalized spacial score (nSPS) is 11.8. The van der Waals surface area contributed by atoms with E-state index in [0.717, 1.165) is 12.6 Å². The average molecular weight is 311 g/mol. The van der Waals surface area contributed by atoms with Gasteiger partial charge in [-0.15, -0.1) is 0 Å². The number of nitrogens with one attached hydrogen (secondary N) is 2. The van der Waals surface area contributed by atoms with E-state index >= 15 is 0 Å². The lowest BCUT2D eigenvalue weighted by Crippen LogP contribution is -3.06. The van der Waals surface area contributed by atoms with Gasteiger partial charge in [0.1, 0.15) is 0 Å². The maximum Gasteiger partial charge on any atom is 0.417 e. The Morgan fingerprint density at radius 3 is 2.60 bits per heavy atom.